The van der Waals surface area contributed by atoms with Crippen LogP contribution in [0, 0.1) is 0 Å². The van der Waals surface area contributed by atoms with E-state index in [1.54, 1.807) is 0 Å². The van der Waals surface area contributed by atoms with Gasteiger partial charge in [-0.1, -0.05) is 12.1 Å². The SMILES string of the molecule is CC(C)OCC(O)c1cccc(N(C)C)c1. The average Bonchev–Trinajstić information content (AvgIpc) is 2.26. The van der Waals surface area contributed by atoms with Crippen LogP contribution in [0.25, 0.3) is 0 Å². The summed E-state index contributed by atoms with van der Waals surface area (Å²) in [5.74, 6) is 0. The van der Waals surface area contributed by atoms with Crippen molar-refractivity contribution in [1.82, 2.24) is 0 Å². The molecule has 0 saturated heterocycles. The zero-order valence-electron chi connectivity index (χ0n) is 10.5. The molecule has 1 rings (SSSR count). The maximum absolute atomic E-state index is 9.93. The van der Waals surface area contributed by atoms with Crippen molar-refractivity contribution in [2.24, 2.45) is 0 Å². The lowest BCUT2D eigenvalue weighted by Gasteiger charge is -2.17. The molecule has 0 amide bonds. The third-order valence-electron chi connectivity index (χ3n) is 2.36. The van der Waals surface area contributed by atoms with Gasteiger partial charge in [0.15, 0.2) is 0 Å². The predicted octanol–water partition coefficient (Wildman–Crippen LogP) is 2.21. The van der Waals surface area contributed by atoms with E-state index in [-0.39, 0.29) is 6.10 Å². The summed E-state index contributed by atoms with van der Waals surface area (Å²) >= 11 is 0. The molecule has 0 heterocycles. The fourth-order valence-corrected chi connectivity index (χ4v) is 1.39. The molecule has 3 heteroatoms. The summed E-state index contributed by atoms with van der Waals surface area (Å²) in [4.78, 5) is 2.01. The lowest BCUT2D eigenvalue weighted by molar-refractivity contribution is 0.00495. The Hall–Kier alpha value is -1.06. The Balaban J connectivity index is 2.68. The Labute approximate surface area is 97.7 Å². The molecule has 0 radical (unpaired) electrons. The lowest BCUT2D eigenvalue weighted by atomic mass is 10.1. The van der Waals surface area contributed by atoms with E-state index in [4.69, 9.17) is 4.74 Å². The summed E-state index contributed by atoms with van der Waals surface area (Å²) in [5, 5.41) is 9.93. The fourth-order valence-electron chi connectivity index (χ4n) is 1.39. The van der Waals surface area contributed by atoms with Crippen molar-refractivity contribution >= 4 is 5.69 Å². The van der Waals surface area contributed by atoms with E-state index in [0.717, 1.165) is 11.3 Å². The van der Waals surface area contributed by atoms with Gasteiger partial charge in [-0.3, -0.25) is 0 Å². The lowest BCUT2D eigenvalue weighted by Crippen LogP contribution is -2.13. The zero-order chi connectivity index (χ0) is 12.1. The highest BCUT2D eigenvalue weighted by atomic mass is 16.5. The standard InChI is InChI=1S/C13H21NO2/c1-10(2)16-9-13(15)11-6-5-7-12(8-11)14(3)4/h5-8,10,13,15H,9H2,1-4H3. The number of anilines is 1. The summed E-state index contributed by atoms with van der Waals surface area (Å²) in [6, 6.07) is 7.86. The van der Waals surface area contributed by atoms with Crippen LogP contribution in [0.2, 0.25) is 0 Å². The van der Waals surface area contributed by atoms with Gasteiger partial charge in [-0.25, -0.2) is 0 Å². The second-order valence-electron chi connectivity index (χ2n) is 4.39. The van der Waals surface area contributed by atoms with E-state index in [0.29, 0.717) is 6.61 Å². The molecule has 0 bridgehead atoms. The largest absolute Gasteiger partial charge is 0.386 e. The van der Waals surface area contributed by atoms with Crippen LogP contribution >= 0.6 is 0 Å². The number of ether oxygens (including phenoxy) is 1. The normalized spacial score (nSPS) is 12.9. The highest BCUT2D eigenvalue weighted by Crippen LogP contribution is 2.19. The molecule has 1 N–H and O–H groups in total. The summed E-state index contributed by atoms with van der Waals surface area (Å²) in [5.41, 5.74) is 1.98. The van der Waals surface area contributed by atoms with Crippen molar-refractivity contribution < 1.29 is 9.84 Å². The van der Waals surface area contributed by atoms with Crippen LogP contribution in [0.4, 0.5) is 5.69 Å². The summed E-state index contributed by atoms with van der Waals surface area (Å²) in [6.07, 6.45) is -0.408. The average molecular weight is 223 g/mol. The maximum Gasteiger partial charge on any atom is 0.102 e. The topological polar surface area (TPSA) is 32.7 Å². The molecule has 0 fully saturated rings. The van der Waals surface area contributed by atoms with Crippen molar-refractivity contribution in [3.05, 3.63) is 29.8 Å². The fraction of sp³-hybridized carbons (Fsp3) is 0.538. The van der Waals surface area contributed by atoms with Gasteiger partial charge >= 0.3 is 0 Å². The second-order valence-corrected chi connectivity index (χ2v) is 4.39. The Kier molecular flexibility index (Phi) is 4.77. The number of aliphatic hydroxyl groups is 1. The van der Waals surface area contributed by atoms with Crippen molar-refractivity contribution in [2.75, 3.05) is 25.6 Å². The first-order valence-corrected chi connectivity index (χ1v) is 5.57. The number of aliphatic hydroxyl groups excluding tert-OH is 1. The zero-order valence-corrected chi connectivity index (χ0v) is 10.5. The molecule has 1 atom stereocenters. The molecule has 16 heavy (non-hydrogen) atoms. The quantitative estimate of drug-likeness (QED) is 0.830. The van der Waals surface area contributed by atoms with Crippen molar-refractivity contribution in [3.63, 3.8) is 0 Å². The van der Waals surface area contributed by atoms with Gasteiger partial charge in [-0.2, -0.15) is 0 Å². The van der Waals surface area contributed by atoms with E-state index in [2.05, 4.69) is 0 Å². The Morgan fingerprint density at radius 1 is 1.31 bits per heavy atom. The molecular formula is C13H21NO2. The molecule has 1 aromatic carbocycles. The highest BCUT2D eigenvalue weighted by molar-refractivity contribution is 5.47. The first kappa shape index (κ1) is 13.0. The van der Waals surface area contributed by atoms with Gasteiger partial charge < -0.3 is 14.7 Å². The molecule has 3 nitrogen and oxygen atoms in total. The van der Waals surface area contributed by atoms with Crippen LogP contribution in [0.3, 0.4) is 0 Å². The van der Waals surface area contributed by atoms with E-state index < -0.39 is 6.10 Å². The van der Waals surface area contributed by atoms with Crippen molar-refractivity contribution in [3.8, 4) is 0 Å². The molecular weight excluding hydrogens is 202 g/mol. The van der Waals surface area contributed by atoms with Crippen LogP contribution in [0.15, 0.2) is 24.3 Å². The maximum atomic E-state index is 9.93. The molecule has 0 aromatic heterocycles. The van der Waals surface area contributed by atoms with Gasteiger partial charge in [0.1, 0.15) is 6.10 Å². The van der Waals surface area contributed by atoms with Gasteiger partial charge in [0.25, 0.3) is 0 Å². The minimum atomic E-state index is -0.553. The van der Waals surface area contributed by atoms with E-state index in [1.807, 2.05) is 57.1 Å². The highest BCUT2D eigenvalue weighted by Gasteiger charge is 2.09. The molecule has 0 aliphatic carbocycles. The molecule has 0 aliphatic heterocycles. The van der Waals surface area contributed by atoms with Crippen LogP contribution in [0.1, 0.15) is 25.5 Å². The first-order valence-electron chi connectivity index (χ1n) is 5.57. The minimum Gasteiger partial charge on any atom is -0.386 e. The smallest absolute Gasteiger partial charge is 0.102 e. The van der Waals surface area contributed by atoms with Gasteiger partial charge in [0.2, 0.25) is 0 Å². The number of nitrogens with zero attached hydrogens (tertiary/aromatic N) is 1. The minimum absolute atomic E-state index is 0.145. The number of benzene rings is 1. The van der Waals surface area contributed by atoms with Crippen LogP contribution < -0.4 is 4.90 Å². The third kappa shape index (κ3) is 3.83. The van der Waals surface area contributed by atoms with Crippen molar-refractivity contribution in [2.45, 2.75) is 26.1 Å². The summed E-state index contributed by atoms with van der Waals surface area (Å²) in [7, 11) is 3.96. The first-order chi connectivity index (χ1) is 7.50. The monoisotopic (exact) mass is 223 g/mol. The molecule has 1 aromatic rings. The van der Waals surface area contributed by atoms with Gasteiger partial charge in [-0.15, -0.1) is 0 Å². The van der Waals surface area contributed by atoms with Gasteiger partial charge in [0, 0.05) is 19.8 Å². The predicted molar refractivity (Wildman–Crippen MR) is 66.8 cm³/mol. The van der Waals surface area contributed by atoms with Crippen LogP contribution in [-0.4, -0.2) is 31.9 Å². The second kappa shape index (κ2) is 5.87. The van der Waals surface area contributed by atoms with Crippen LogP contribution in [-0.2, 0) is 4.74 Å². The Morgan fingerprint density at radius 2 is 2.00 bits per heavy atom. The Morgan fingerprint density at radius 3 is 2.56 bits per heavy atom. The number of rotatable bonds is 5. The third-order valence-corrected chi connectivity index (χ3v) is 2.36. The van der Waals surface area contributed by atoms with Gasteiger partial charge in [0.05, 0.1) is 12.7 Å². The molecule has 0 saturated carbocycles. The molecule has 0 aliphatic rings. The van der Waals surface area contributed by atoms with E-state index in [9.17, 15) is 5.11 Å². The van der Waals surface area contributed by atoms with Crippen LogP contribution in [0.5, 0.6) is 0 Å². The van der Waals surface area contributed by atoms with E-state index >= 15 is 0 Å². The number of hydrogen-bond donors (Lipinski definition) is 1. The number of hydrogen-bond acceptors (Lipinski definition) is 3. The molecule has 90 valence electrons. The Bertz CT molecular complexity index is 323. The molecule has 0 spiro atoms. The van der Waals surface area contributed by atoms with Crippen molar-refractivity contribution in [1.29, 1.82) is 0 Å². The summed E-state index contributed by atoms with van der Waals surface area (Å²) in [6.45, 7) is 4.26. The van der Waals surface area contributed by atoms with Gasteiger partial charge in [-0.05, 0) is 31.5 Å². The molecule has 1 unspecified atom stereocenters. The van der Waals surface area contributed by atoms with E-state index in [1.165, 1.54) is 0 Å². The summed E-state index contributed by atoms with van der Waals surface area (Å²) < 4.78 is 5.39.